The van der Waals surface area contributed by atoms with Gasteiger partial charge in [-0.05, 0) is 56.7 Å². The van der Waals surface area contributed by atoms with Crippen molar-refractivity contribution in [2.45, 2.75) is 38.2 Å². The van der Waals surface area contributed by atoms with E-state index in [1.807, 2.05) is 13.8 Å². The van der Waals surface area contributed by atoms with Gasteiger partial charge >= 0.3 is 0 Å². The molecule has 0 spiro atoms. The van der Waals surface area contributed by atoms with E-state index < -0.39 is 15.6 Å². The van der Waals surface area contributed by atoms with Crippen molar-refractivity contribution in [3.05, 3.63) is 42.0 Å². The topological polar surface area (TPSA) is 95.9 Å². The molecule has 0 aliphatic carbocycles. The lowest BCUT2D eigenvalue weighted by molar-refractivity contribution is -0.117. The molecule has 0 saturated heterocycles. The van der Waals surface area contributed by atoms with Crippen molar-refractivity contribution in [3.63, 3.8) is 0 Å². The second-order valence-corrected chi connectivity index (χ2v) is 8.90. The van der Waals surface area contributed by atoms with Crippen molar-refractivity contribution in [2.75, 3.05) is 16.2 Å². The molecule has 2 aromatic rings. The van der Waals surface area contributed by atoms with Gasteiger partial charge in [0.05, 0.1) is 22.8 Å². The highest BCUT2D eigenvalue weighted by Gasteiger charge is 2.34. The summed E-state index contributed by atoms with van der Waals surface area (Å²) in [6, 6.07) is 9.01. The molecule has 3 rings (SSSR count). The Balaban J connectivity index is 2.00. The van der Waals surface area contributed by atoms with Crippen LogP contribution in [-0.4, -0.2) is 31.6 Å². The van der Waals surface area contributed by atoms with Crippen LogP contribution in [0.25, 0.3) is 0 Å². The quantitative estimate of drug-likeness (QED) is 0.786. The standard InChI is InChI=1S/C19H22N2O5S/c1-12-5-7-15(17(23)9-12)20-27(24,25)14-6-8-18-16(10-14)21(13(2)22)11-19(3,4)26-18/h5-10,20,23H,11H2,1-4H3. The van der Waals surface area contributed by atoms with Crippen LogP contribution in [0.3, 0.4) is 0 Å². The van der Waals surface area contributed by atoms with Crippen LogP contribution in [0.5, 0.6) is 11.5 Å². The Hall–Kier alpha value is -2.74. The molecule has 2 N–H and O–H groups in total. The summed E-state index contributed by atoms with van der Waals surface area (Å²) in [6.07, 6.45) is 0. The summed E-state index contributed by atoms with van der Waals surface area (Å²) in [4.78, 5) is 13.5. The molecular weight excluding hydrogens is 368 g/mol. The lowest BCUT2D eigenvalue weighted by Crippen LogP contribution is -2.48. The molecule has 27 heavy (non-hydrogen) atoms. The molecule has 1 amide bonds. The van der Waals surface area contributed by atoms with Gasteiger partial charge in [0.2, 0.25) is 5.91 Å². The summed E-state index contributed by atoms with van der Waals surface area (Å²) in [5.41, 5.74) is 0.711. The highest BCUT2D eigenvalue weighted by atomic mass is 32.2. The van der Waals surface area contributed by atoms with Gasteiger partial charge in [0, 0.05) is 6.92 Å². The number of nitrogens with zero attached hydrogens (tertiary/aromatic N) is 1. The number of aromatic hydroxyl groups is 1. The van der Waals surface area contributed by atoms with Crippen LogP contribution in [0.4, 0.5) is 11.4 Å². The third-order valence-corrected chi connectivity index (χ3v) is 5.60. The number of ether oxygens (including phenoxy) is 1. The number of carbonyl (C=O) groups is 1. The van der Waals surface area contributed by atoms with E-state index in [0.717, 1.165) is 5.56 Å². The number of hydrogen-bond acceptors (Lipinski definition) is 5. The van der Waals surface area contributed by atoms with Crippen LogP contribution in [0.1, 0.15) is 26.3 Å². The first-order valence-electron chi connectivity index (χ1n) is 8.42. The fraction of sp³-hybridized carbons (Fsp3) is 0.316. The lowest BCUT2D eigenvalue weighted by atomic mass is 10.1. The van der Waals surface area contributed by atoms with Crippen molar-refractivity contribution in [3.8, 4) is 11.5 Å². The number of amides is 1. The Kier molecular flexibility index (Phi) is 4.55. The Morgan fingerprint density at radius 3 is 2.56 bits per heavy atom. The zero-order valence-corrected chi connectivity index (χ0v) is 16.4. The Morgan fingerprint density at radius 1 is 1.22 bits per heavy atom. The van der Waals surface area contributed by atoms with Crippen molar-refractivity contribution in [2.24, 2.45) is 0 Å². The summed E-state index contributed by atoms with van der Waals surface area (Å²) in [7, 11) is -3.96. The lowest BCUT2D eigenvalue weighted by Gasteiger charge is -2.39. The van der Waals surface area contributed by atoms with Gasteiger partial charge in [-0.3, -0.25) is 9.52 Å². The molecule has 0 fully saturated rings. The first-order valence-corrected chi connectivity index (χ1v) is 9.90. The molecule has 8 heteroatoms. The van der Waals surface area contributed by atoms with Gasteiger partial charge in [0.25, 0.3) is 10.0 Å². The van der Waals surface area contributed by atoms with Crippen LogP contribution in [-0.2, 0) is 14.8 Å². The predicted octanol–water partition coefficient (Wildman–Crippen LogP) is 3.03. The molecule has 0 radical (unpaired) electrons. The molecule has 7 nitrogen and oxygen atoms in total. The molecule has 144 valence electrons. The number of nitrogens with one attached hydrogen (secondary N) is 1. The van der Waals surface area contributed by atoms with Crippen molar-refractivity contribution in [1.29, 1.82) is 0 Å². The fourth-order valence-corrected chi connectivity index (χ4v) is 4.06. The summed E-state index contributed by atoms with van der Waals surface area (Å²) in [5, 5.41) is 9.97. The minimum absolute atomic E-state index is 0.0317. The number of phenolic OH excluding ortho intramolecular Hbond substituents is 1. The number of anilines is 2. The molecule has 0 saturated carbocycles. The number of sulfonamides is 1. The Bertz CT molecular complexity index is 1010. The Labute approximate surface area is 158 Å². The molecule has 0 aromatic heterocycles. The minimum atomic E-state index is -3.96. The number of aryl methyl sites for hydroxylation is 1. The van der Waals surface area contributed by atoms with E-state index >= 15 is 0 Å². The van der Waals surface area contributed by atoms with E-state index in [4.69, 9.17) is 4.74 Å². The number of benzene rings is 2. The third kappa shape index (κ3) is 3.85. The summed E-state index contributed by atoms with van der Waals surface area (Å²) < 4.78 is 33.8. The number of phenols is 1. The van der Waals surface area contributed by atoms with E-state index in [1.54, 1.807) is 13.0 Å². The van der Waals surface area contributed by atoms with Crippen LogP contribution < -0.4 is 14.4 Å². The molecule has 0 unspecified atom stereocenters. The van der Waals surface area contributed by atoms with Crippen molar-refractivity contribution in [1.82, 2.24) is 0 Å². The second-order valence-electron chi connectivity index (χ2n) is 7.22. The van der Waals surface area contributed by atoms with Gasteiger partial charge in [0.15, 0.2) is 0 Å². The second kappa shape index (κ2) is 6.45. The van der Waals surface area contributed by atoms with Crippen LogP contribution in [0.2, 0.25) is 0 Å². The molecular formula is C19H22N2O5S. The van der Waals surface area contributed by atoms with Gasteiger partial charge in [-0.15, -0.1) is 0 Å². The van der Waals surface area contributed by atoms with Gasteiger partial charge in [0.1, 0.15) is 17.1 Å². The van der Waals surface area contributed by atoms with Crippen LogP contribution >= 0.6 is 0 Å². The molecule has 1 aliphatic heterocycles. The SMILES string of the molecule is CC(=O)N1CC(C)(C)Oc2ccc(S(=O)(=O)Nc3ccc(C)cc3O)cc21. The van der Waals surface area contributed by atoms with E-state index in [-0.39, 0.29) is 22.2 Å². The molecule has 1 aliphatic rings. The number of hydrogen-bond donors (Lipinski definition) is 2. The highest BCUT2D eigenvalue weighted by molar-refractivity contribution is 7.92. The monoisotopic (exact) mass is 390 g/mol. The Morgan fingerprint density at radius 2 is 1.93 bits per heavy atom. The van der Waals surface area contributed by atoms with Crippen molar-refractivity contribution < 1.29 is 23.1 Å². The maximum absolute atomic E-state index is 12.8. The molecule has 0 atom stereocenters. The van der Waals surface area contributed by atoms with Gasteiger partial charge < -0.3 is 14.7 Å². The van der Waals surface area contributed by atoms with Gasteiger partial charge in [-0.2, -0.15) is 0 Å². The van der Waals surface area contributed by atoms with E-state index in [1.165, 1.54) is 42.2 Å². The number of carbonyl (C=O) groups excluding carboxylic acids is 1. The number of fused-ring (bicyclic) bond motifs is 1. The average Bonchev–Trinajstić information content (AvgIpc) is 2.55. The van der Waals surface area contributed by atoms with Gasteiger partial charge in [-0.25, -0.2) is 8.42 Å². The zero-order chi connectivity index (χ0) is 20.0. The summed E-state index contributed by atoms with van der Waals surface area (Å²) in [5.74, 6) is 0.0804. The smallest absolute Gasteiger partial charge is 0.262 e. The minimum Gasteiger partial charge on any atom is -0.506 e. The maximum Gasteiger partial charge on any atom is 0.262 e. The first kappa shape index (κ1) is 19.0. The largest absolute Gasteiger partial charge is 0.506 e. The maximum atomic E-state index is 12.8. The molecule has 1 heterocycles. The zero-order valence-electron chi connectivity index (χ0n) is 15.6. The summed E-state index contributed by atoms with van der Waals surface area (Å²) in [6.45, 7) is 7.25. The average molecular weight is 390 g/mol. The highest BCUT2D eigenvalue weighted by Crippen LogP contribution is 2.39. The number of rotatable bonds is 3. The molecule has 0 bridgehead atoms. The van der Waals surface area contributed by atoms with Gasteiger partial charge in [-0.1, -0.05) is 6.07 Å². The van der Waals surface area contributed by atoms with Crippen LogP contribution in [0.15, 0.2) is 41.3 Å². The normalized spacial score (nSPS) is 15.6. The summed E-state index contributed by atoms with van der Waals surface area (Å²) >= 11 is 0. The van der Waals surface area contributed by atoms with E-state index in [0.29, 0.717) is 18.0 Å². The first-order chi connectivity index (χ1) is 12.5. The fourth-order valence-electron chi connectivity index (χ4n) is 2.97. The predicted molar refractivity (Wildman–Crippen MR) is 103 cm³/mol. The van der Waals surface area contributed by atoms with E-state index in [9.17, 15) is 18.3 Å². The van der Waals surface area contributed by atoms with Crippen LogP contribution in [0, 0.1) is 6.92 Å². The third-order valence-electron chi connectivity index (χ3n) is 4.23. The van der Waals surface area contributed by atoms with E-state index in [2.05, 4.69) is 4.72 Å². The molecule has 2 aromatic carbocycles. The van der Waals surface area contributed by atoms with Crippen molar-refractivity contribution >= 4 is 27.3 Å².